The first-order chi connectivity index (χ1) is 10.8. The van der Waals surface area contributed by atoms with Gasteiger partial charge in [-0.1, -0.05) is 26.0 Å². The van der Waals surface area contributed by atoms with Gasteiger partial charge in [0.05, 0.1) is 18.8 Å². The molecular formula is C20H32O3. The molecule has 0 aromatic rings. The molecule has 3 heteroatoms. The van der Waals surface area contributed by atoms with Crippen LogP contribution in [0.1, 0.15) is 58.8 Å². The Hall–Kier alpha value is -0.380. The van der Waals surface area contributed by atoms with Crippen molar-refractivity contribution in [3.63, 3.8) is 0 Å². The zero-order chi connectivity index (χ0) is 16.6. The Balaban J connectivity index is 1.78. The summed E-state index contributed by atoms with van der Waals surface area (Å²) in [5, 5.41) is 31.8. The lowest BCUT2D eigenvalue weighted by Gasteiger charge is -2.66. The Morgan fingerprint density at radius 1 is 1.09 bits per heavy atom. The normalized spacial score (nSPS) is 58.7. The zero-order valence-electron chi connectivity index (χ0n) is 14.6. The first kappa shape index (κ1) is 16.1. The maximum atomic E-state index is 11.2. The predicted octanol–water partition coefficient (Wildman–Crippen LogP) is 2.89. The monoisotopic (exact) mass is 320 g/mol. The molecule has 1 spiro atoms. The average molecular weight is 320 g/mol. The van der Waals surface area contributed by atoms with E-state index < -0.39 is 11.5 Å². The van der Waals surface area contributed by atoms with Crippen molar-refractivity contribution >= 4 is 0 Å². The van der Waals surface area contributed by atoms with Crippen LogP contribution in [-0.2, 0) is 0 Å². The van der Waals surface area contributed by atoms with Crippen LogP contribution in [0.25, 0.3) is 0 Å². The lowest BCUT2D eigenvalue weighted by atomic mass is 9.40. The lowest BCUT2D eigenvalue weighted by Crippen LogP contribution is -2.64. The molecule has 4 saturated carbocycles. The molecule has 2 bridgehead atoms. The number of hydrogen-bond acceptors (Lipinski definition) is 3. The van der Waals surface area contributed by atoms with Gasteiger partial charge >= 0.3 is 0 Å². The minimum Gasteiger partial charge on any atom is -0.396 e. The quantitative estimate of drug-likeness (QED) is 0.651. The SMILES string of the molecule is C=C1C[C@@]23C[C@H]1CC[C@H]2[C@]1(C)CC[C@@H](O)[C@](C)(CO)C1C[C@@H]3O. The number of aliphatic hydroxyl groups excluding tert-OH is 3. The highest BCUT2D eigenvalue weighted by molar-refractivity contribution is 5.24. The number of rotatable bonds is 1. The van der Waals surface area contributed by atoms with E-state index in [-0.39, 0.29) is 29.5 Å². The van der Waals surface area contributed by atoms with Crippen LogP contribution < -0.4 is 0 Å². The van der Waals surface area contributed by atoms with E-state index in [4.69, 9.17) is 0 Å². The van der Waals surface area contributed by atoms with Crippen molar-refractivity contribution in [2.75, 3.05) is 6.61 Å². The molecule has 0 radical (unpaired) electrons. The Labute approximate surface area is 139 Å². The van der Waals surface area contributed by atoms with Crippen molar-refractivity contribution in [2.24, 2.45) is 34.0 Å². The van der Waals surface area contributed by atoms with Crippen molar-refractivity contribution in [3.05, 3.63) is 12.2 Å². The maximum absolute atomic E-state index is 11.2. The molecule has 0 saturated heterocycles. The minimum atomic E-state index is -0.484. The van der Waals surface area contributed by atoms with Gasteiger partial charge in [-0.2, -0.15) is 0 Å². The minimum absolute atomic E-state index is 0.0101. The second-order valence-electron chi connectivity index (χ2n) is 9.63. The molecule has 0 amide bonds. The van der Waals surface area contributed by atoms with Crippen molar-refractivity contribution in [1.82, 2.24) is 0 Å². The van der Waals surface area contributed by atoms with E-state index in [0.29, 0.717) is 11.8 Å². The van der Waals surface area contributed by atoms with Gasteiger partial charge in [0.1, 0.15) is 0 Å². The molecule has 4 aliphatic rings. The van der Waals surface area contributed by atoms with Gasteiger partial charge in [-0.05, 0) is 68.1 Å². The summed E-state index contributed by atoms with van der Waals surface area (Å²) in [6, 6.07) is 0. The Morgan fingerprint density at radius 2 is 1.83 bits per heavy atom. The van der Waals surface area contributed by atoms with Gasteiger partial charge in [-0.3, -0.25) is 0 Å². The average Bonchev–Trinajstić information content (AvgIpc) is 2.78. The fourth-order valence-corrected chi connectivity index (χ4v) is 7.51. The smallest absolute Gasteiger partial charge is 0.0618 e. The van der Waals surface area contributed by atoms with Crippen LogP contribution in [0, 0.1) is 34.0 Å². The molecule has 3 N–H and O–H groups in total. The largest absolute Gasteiger partial charge is 0.396 e. The highest BCUT2D eigenvalue weighted by Gasteiger charge is 2.67. The highest BCUT2D eigenvalue weighted by Crippen LogP contribution is 2.71. The van der Waals surface area contributed by atoms with E-state index in [1.807, 2.05) is 6.92 Å². The third-order valence-corrected chi connectivity index (χ3v) is 8.83. The molecule has 0 aliphatic heterocycles. The lowest BCUT2D eigenvalue weighted by molar-refractivity contribution is -0.230. The summed E-state index contributed by atoms with van der Waals surface area (Å²) in [5.41, 5.74) is 1.01. The van der Waals surface area contributed by atoms with Crippen molar-refractivity contribution in [1.29, 1.82) is 0 Å². The molecule has 130 valence electrons. The van der Waals surface area contributed by atoms with Crippen molar-refractivity contribution < 1.29 is 15.3 Å². The van der Waals surface area contributed by atoms with Gasteiger partial charge < -0.3 is 15.3 Å². The van der Waals surface area contributed by atoms with Crippen LogP contribution >= 0.6 is 0 Å². The summed E-state index contributed by atoms with van der Waals surface area (Å²) in [4.78, 5) is 0. The van der Waals surface area contributed by atoms with Crippen LogP contribution in [0.3, 0.4) is 0 Å². The van der Waals surface area contributed by atoms with E-state index in [9.17, 15) is 15.3 Å². The molecule has 0 heterocycles. The van der Waals surface area contributed by atoms with E-state index in [0.717, 1.165) is 32.1 Å². The van der Waals surface area contributed by atoms with Crippen LogP contribution in [0.2, 0.25) is 0 Å². The summed E-state index contributed by atoms with van der Waals surface area (Å²) in [5.74, 6) is 1.30. The van der Waals surface area contributed by atoms with Crippen LogP contribution in [0.4, 0.5) is 0 Å². The van der Waals surface area contributed by atoms with Crippen LogP contribution in [0.15, 0.2) is 12.2 Å². The van der Waals surface area contributed by atoms with Gasteiger partial charge in [0, 0.05) is 10.8 Å². The van der Waals surface area contributed by atoms with Gasteiger partial charge in [-0.25, -0.2) is 0 Å². The fourth-order valence-electron chi connectivity index (χ4n) is 7.51. The van der Waals surface area contributed by atoms with Gasteiger partial charge in [0.2, 0.25) is 0 Å². The topological polar surface area (TPSA) is 60.7 Å². The molecule has 8 atom stereocenters. The van der Waals surface area contributed by atoms with E-state index >= 15 is 0 Å². The summed E-state index contributed by atoms with van der Waals surface area (Å²) in [6.07, 6.45) is 6.22. The predicted molar refractivity (Wildman–Crippen MR) is 89.7 cm³/mol. The fraction of sp³-hybridized carbons (Fsp3) is 0.900. The van der Waals surface area contributed by atoms with Gasteiger partial charge in [0.15, 0.2) is 0 Å². The molecule has 0 aromatic heterocycles. The molecule has 1 unspecified atom stereocenters. The standard InChI is InChI=1S/C20H32O3/c1-12-9-20-10-13(12)4-5-14(20)18(2)7-6-16(22)19(3,11-21)15(18)8-17(20)23/h13-17,21-23H,1,4-11H2,2-3H3/t13-,14+,15?,16-,17+,18+,19-,20-/m1/s1. The van der Waals surface area contributed by atoms with Crippen molar-refractivity contribution in [2.45, 2.75) is 71.0 Å². The first-order valence-corrected chi connectivity index (χ1v) is 9.42. The maximum Gasteiger partial charge on any atom is 0.0618 e. The van der Waals surface area contributed by atoms with Gasteiger partial charge in [-0.15, -0.1) is 0 Å². The number of allylic oxidation sites excluding steroid dienone is 1. The summed E-state index contributed by atoms with van der Waals surface area (Å²) in [7, 11) is 0. The molecule has 23 heavy (non-hydrogen) atoms. The third kappa shape index (κ3) is 1.82. The molecule has 4 aliphatic carbocycles. The Morgan fingerprint density at radius 3 is 2.52 bits per heavy atom. The zero-order valence-corrected chi connectivity index (χ0v) is 14.6. The molecule has 4 fully saturated rings. The molecule has 4 rings (SSSR count). The number of fused-ring (bicyclic) bond motifs is 3. The molecular weight excluding hydrogens is 288 g/mol. The van der Waals surface area contributed by atoms with Gasteiger partial charge in [0.25, 0.3) is 0 Å². The third-order valence-electron chi connectivity index (χ3n) is 8.83. The Kier molecular flexibility index (Phi) is 3.38. The second kappa shape index (κ2) is 4.83. The highest BCUT2D eigenvalue weighted by atomic mass is 16.3. The number of aliphatic hydroxyl groups is 3. The number of hydrogen-bond donors (Lipinski definition) is 3. The van der Waals surface area contributed by atoms with Crippen molar-refractivity contribution in [3.8, 4) is 0 Å². The van der Waals surface area contributed by atoms with E-state index in [1.54, 1.807) is 0 Å². The summed E-state index contributed by atoms with van der Waals surface area (Å²) < 4.78 is 0. The first-order valence-electron chi connectivity index (χ1n) is 9.42. The molecule has 3 nitrogen and oxygen atoms in total. The summed E-state index contributed by atoms with van der Waals surface area (Å²) >= 11 is 0. The van der Waals surface area contributed by atoms with E-state index in [2.05, 4.69) is 13.5 Å². The molecule has 0 aromatic carbocycles. The van der Waals surface area contributed by atoms with Crippen LogP contribution in [-0.4, -0.2) is 34.1 Å². The second-order valence-corrected chi connectivity index (χ2v) is 9.63. The summed E-state index contributed by atoms with van der Waals surface area (Å²) in [6.45, 7) is 8.74. The Bertz CT molecular complexity index is 531. The van der Waals surface area contributed by atoms with E-state index in [1.165, 1.54) is 18.4 Å². The van der Waals surface area contributed by atoms with Crippen LogP contribution in [0.5, 0.6) is 0 Å².